The summed E-state index contributed by atoms with van der Waals surface area (Å²) in [7, 11) is 0. The largest absolute Gasteiger partial charge is 0.339 e. The van der Waals surface area contributed by atoms with Crippen molar-refractivity contribution in [1.29, 1.82) is 0 Å². The maximum absolute atomic E-state index is 6.13. The van der Waals surface area contributed by atoms with Gasteiger partial charge in [0.2, 0.25) is 5.89 Å². The highest BCUT2D eigenvalue weighted by Crippen LogP contribution is 2.22. The van der Waals surface area contributed by atoms with E-state index in [-0.39, 0.29) is 0 Å². The van der Waals surface area contributed by atoms with Crippen molar-refractivity contribution in [2.75, 3.05) is 6.54 Å². The van der Waals surface area contributed by atoms with Gasteiger partial charge in [0.05, 0.1) is 0 Å². The van der Waals surface area contributed by atoms with Crippen LogP contribution in [0.25, 0.3) is 0 Å². The summed E-state index contributed by atoms with van der Waals surface area (Å²) in [6.07, 6.45) is 2.24. The molecule has 0 radical (unpaired) electrons. The topological polar surface area (TPSA) is 64.9 Å². The Morgan fingerprint density at radius 1 is 1.35 bits per heavy atom. The van der Waals surface area contributed by atoms with Gasteiger partial charge in [0.25, 0.3) is 0 Å². The first kappa shape index (κ1) is 15.3. The number of benzene rings is 1. The zero-order valence-corrected chi connectivity index (χ0v) is 12.8. The van der Waals surface area contributed by atoms with Gasteiger partial charge >= 0.3 is 0 Å². The molecule has 0 saturated heterocycles. The maximum atomic E-state index is 6.13. The molecular formula is C14H17Cl2N3O. The van der Waals surface area contributed by atoms with E-state index in [0.717, 1.165) is 12.0 Å². The van der Waals surface area contributed by atoms with E-state index in [2.05, 4.69) is 17.1 Å². The summed E-state index contributed by atoms with van der Waals surface area (Å²) in [5, 5.41) is 5.20. The minimum absolute atomic E-state index is 0.377. The maximum Gasteiger partial charge on any atom is 0.226 e. The van der Waals surface area contributed by atoms with Gasteiger partial charge in [-0.3, -0.25) is 0 Å². The summed E-state index contributed by atoms with van der Waals surface area (Å²) >= 11 is 12.0. The summed E-state index contributed by atoms with van der Waals surface area (Å²) in [5.74, 6) is 1.63. The zero-order valence-electron chi connectivity index (χ0n) is 11.3. The van der Waals surface area contributed by atoms with Crippen LogP contribution in [0.15, 0.2) is 22.7 Å². The zero-order chi connectivity index (χ0) is 14.5. The number of nitrogens with two attached hydrogens (primary N) is 1. The SMILES string of the molecule is CCC(CN)Cc1nc(Cc2ccc(Cl)cc2Cl)no1. The van der Waals surface area contributed by atoms with E-state index in [1.807, 2.05) is 6.07 Å². The van der Waals surface area contributed by atoms with Gasteiger partial charge in [0, 0.05) is 22.9 Å². The Labute approximate surface area is 128 Å². The lowest BCUT2D eigenvalue weighted by molar-refractivity contribution is 0.347. The Balaban J connectivity index is 2.05. The number of hydrogen-bond donors (Lipinski definition) is 1. The Bertz CT molecular complexity index is 567. The average molecular weight is 314 g/mol. The van der Waals surface area contributed by atoms with Crippen molar-refractivity contribution in [3.05, 3.63) is 45.5 Å². The molecule has 0 spiro atoms. The first-order valence-corrected chi connectivity index (χ1v) is 7.33. The minimum atomic E-state index is 0.377. The first-order valence-electron chi connectivity index (χ1n) is 6.57. The lowest BCUT2D eigenvalue weighted by Gasteiger charge is -2.07. The highest BCUT2D eigenvalue weighted by Gasteiger charge is 2.13. The summed E-state index contributed by atoms with van der Waals surface area (Å²) < 4.78 is 5.25. The molecule has 1 aromatic heterocycles. The minimum Gasteiger partial charge on any atom is -0.339 e. The van der Waals surface area contributed by atoms with Crippen molar-refractivity contribution in [2.24, 2.45) is 11.7 Å². The van der Waals surface area contributed by atoms with E-state index < -0.39 is 0 Å². The summed E-state index contributed by atoms with van der Waals surface area (Å²) in [6, 6.07) is 5.38. The molecule has 1 heterocycles. The Morgan fingerprint density at radius 2 is 2.15 bits per heavy atom. The van der Waals surface area contributed by atoms with Gasteiger partial charge in [-0.15, -0.1) is 0 Å². The molecular weight excluding hydrogens is 297 g/mol. The molecule has 20 heavy (non-hydrogen) atoms. The third-order valence-electron chi connectivity index (χ3n) is 3.25. The van der Waals surface area contributed by atoms with Gasteiger partial charge < -0.3 is 10.3 Å². The lowest BCUT2D eigenvalue weighted by Crippen LogP contribution is -2.16. The molecule has 0 aliphatic carbocycles. The molecule has 1 atom stereocenters. The Morgan fingerprint density at radius 3 is 2.80 bits per heavy atom. The van der Waals surface area contributed by atoms with Crippen LogP contribution in [0.5, 0.6) is 0 Å². The van der Waals surface area contributed by atoms with E-state index in [4.69, 9.17) is 33.5 Å². The summed E-state index contributed by atoms with van der Waals surface area (Å²) in [5.41, 5.74) is 6.60. The van der Waals surface area contributed by atoms with Crippen LogP contribution >= 0.6 is 23.2 Å². The second-order valence-corrected chi connectivity index (χ2v) is 5.57. The van der Waals surface area contributed by atoms with Crippen molar-refractivity contribution >= 4 is 23.2 Å². The van der Waals surface area contributed by atoms with Crippen molar-refractivity contribution in [3.63, 3.8) is 0 Å². The molecule has 1 unspecified atom stereocenters. The Kier molecular flexibility index (Phi) is 5.40. The van der Waals surface area contributed by atoms with Gasteiger partial charge in [-0.25, -0.2) is 0 Å². The van der Waals surface area contributed by atoms with Gasteiger partial charge in [-0.1, -0.05) is 47.8 Å². The first-order chi connectivity index (χ1) is 9.62. The van der Waals surface area contributed by atoms with Crippen LogP contribution in [0.3, 0.4) is 0 Å². The van der Waals surface area contributed by atoms with Crippen LogP contribution in [-0.2, 0) is 12.8 Å². The van der Waals surface area contributed by atoms with E-state index in [1.54, 1.807) is 12.1 Å². The summed E-state index contributed by atoms with van der Waals surface area (Å²) in [4.78, 5) is 4.38. The number of aromatic nitrogens is 2. The molecule has 0 amide bonds. The summed E-state index contributed by atoms with van der Waals surface area (Å²) in [6.45, 7) is 2.72. The van der Waals surface area contributed by atoms with Crippen molar-refractivity contribution in [2.45, 2.75) is 26.2 Å². The second-order valence-electron chi connectivity index (χ2n) is 4.73. The molecule has 2 aromatic rings. The van der Waals surface area contributed by atoms with Gasteiger partial charge in [0.1, 0.15) is 0 Å². The average Bonchev–Trinajstić information content (AvgIpc) is 2.86. The molecule has 1 aromatic carbocycles. The molecule has 0 aliphatic heterocycles. The molecule has 2 N–H and O–H groups in total. The van der Waals surface area contributed by atoms with Crippen molar-refractivity contribution in [3.8, 4) is 0 Å². The molecule has 4 nitrogen and oxygen atoms in total. The third-order valence-corrected chi connectivity index (χ3v) is 3.83. The number of halogens is 2. The van der Waals surface area contributed by atoms with Gasteiger partial charge in [-0.2, -0.15) is 4.98 Å². The van der Waals surface area contributed by atoms with Crippen LogP contribution in [0.1, 0.15) is 30.6 Å². The predicted octanol–water partition coefficient (Wildman–Crippen LogP) is 3.49. The van der Waals surface area contributed by atoms with Crippen LogP contribution in [-0.4, -0.2) is 16.7 Å². The van der Waals surface area contributed by atoms with Crippen LogP contribution < -0.4 is 5.73 Å². The van der Waals surface area contributed by atoms with Crippen molar-refractivity contribution < 1.29 is 4.52 Å². The van der Waals surface area contributed by atoms with Crippen LogP contribution in [0.4, 0.5) is 0 Å². The van der Waals surface area contributed by atoms with Crippen LogP contribution in [0, 0.1) is 5.92 Å². The lowest BCUT2D eigenvalue weighted by atomic mass is 10.0. The quantitative estimate of drug-likeness (QED) is 0.886. The number of hydrogen-bond acceptors (Lipinski definition) is 4. The molecule has 0 aliphatic rings. The highest BCUT2D eigenvalue weighted by atomic mass is 35.5. The van der Waals surface area contributed by atoms with Gasteiger partial charge in [-0.05, 0) is 30.2 Å². The third kappa shape index (κ3) is 3.95. The van der Waals surface area contributed by atoms with E-state index in [9.17, 15) is 0 Å². The van der Waals surface area contributed by atoms with Gasteiger partial charge in [0.15, 0.2) is 5.82 Å². The molecule has 0 saturated carbocycles. The molecule has 0 fully saturated rings. The fourth-order valence-corrected chi connectivity index (χ4v) is 2.40. The monoisotopic (exact) mass is 313 g/mol. The fraction of sp³-hybridized carbons (Fsp3) is 0.429. The predicted molar refractivity (Wildman–Crippen MR) is 80.1 cm³/mol. The normalized spacial score (nSPS) is 12.6. The molecule has 108 valence electrons. The van der Waals surface area contributed by atoms with Crippen LogP contribution in [0.2, 0.25) is 10.0 Å². The van der Waals surface area contributed by atoms with E-state index in [0.29, 0.717) is 47.1 Å². The smallest absolute Gasteiger partial charge is 0.226 e. The van der Waals surface area contributed by atoms with Crippen molar-refractivity contribution in [1.82, 2.24) is 10.1 Å². The standard InChI is InChI=1S/C14H17Cl2N3O/c1-2-9(8-17)5-14-18-13(19-20-14)6-10-3-4-11(15)7-12(10)16/h3-4,7,9H,2,5-6,8,17H2,1H3. The fourth-order valence-electron chi connectivity index (χ4n) is 1.92. The second kappa shape index (κ2) is 7.07. The van der Waals surface area contributed by atoms with E-state index >= 15 is 0 Å². The number of nitrogens with zero attached hydrogens (tertiary/aromatic N) is 2. The van der Waals surface area contributed by atoms with E-state index in [1.165, 1.54) is 0 Å². The highest BCUT2D eigenvalue weighted by molar-refractivity contribution is 6.35. The number of rotatable bonds is 6. The molecule has 6 heteroatoms. The Hall–Kier alpha value is -1.10. The molecule has 2 rings (SSSR count). The molecule has 0 bridgehead atoms.